The van der Waals surface area contributed by atoms with Crippen molar-refractivity contribution in [2.45, 2.75) is 19.9 Å². The molecule has 0 spiro atoms. The van der Waals surface area contributed by atoms with Gasteiger partial charge < -0.3 is 14.1 Å². The number of oxazole rings is 1. The van der Waals surface area contributed by atoms with E-state index in [0.29, 0.717) is 17.0 Å². The maximum Gasteiger partial charge on any atom is 0.253 e. The first-order valence-electron chi connectivity index (χ1n) is 8.63. The summed E-state index contributed by atoms with van der Waals surface area (Å²) >= 11 is 0. The highest BCUT2D eigenvalue weighted by atomic mass is 19.1. The van der Waals surface area contributed by atoms with E-state index in [4.69, 9.17) is 4.42 Å². The lowest BCUT2D eigenvalue weighted by atomic mass is 10.1. The molecule has 136 valence electrons. The van der Waals surface area contributed by atoms with E-state index in [-0.39, 0.29) is 17.8 Å². The van der Waals surface area contributed by atoms with Crippen LogP contribution in [-0.2, 0) is 0 Å². The molecule has 1 aromatic carbocycles. The van der Waals surface area contributed by atoms with Crippen molar-refractivity contribution in [1.82, 2.24) is 14.7 Å². The van der Waals surface area contributed by atoms with E-state index in [1.165, 1.54) is 24.8 Å². The maximum absolute atomic E-state index is 13.2. The Morgan fingerprint density at radius 2 is 1.89 bits per heavy atom. The van der Waals surface area contributed by atoms with Gasteiger partial charge in [-0.3, -0.25) is 4.79 Å². The van der Waals surface area contributed by atoms with Crippen molar-refractivity contribution < 1.29 is 13.6 Å². The third kappa shape index (κ3) is 3.21. The van der Waals surface area contributed by atoms with Crippen LogP contribution in [0, 0.1) is 5.82 Å². The maximum atomic E-state index is 13.2. The summed E-state index contributed by atoms with van der Waals surface area (Å²) in [7, 11) is 0. The number of hydrogen-bond donors (Lipinski definition) is 1. The number of pyridine rings is 1. The van der Waals surface area contributed by atoms with Crippen LogP contribution in [0.25, 0.3) is 28.0 Å². The molecule has 5 nitrogen and oxygen atoms in total. The van der Waals surface area contributed by atoms with Crippen molar-refractivity contribution >= 4 is 11.4 Å². The first-order chi connectivity index (χ1) is 13.0. The number of benzene rings is 1. The number of nitrogens with one attached hydrogen (secondary N) is 1. The summed E-state index contributed by atoms with van der Waals surface area (Å²) in [4.78, 5) is 16.9. The Hall–Kier alpha value is -3.41. The summed E-state index contributed by atoms with van der Waals surface area (Å²) in [5.41, 5.74) is 4.38. The van der Waals surface area contributed by atoms with Gasteiger partial charge in [-0.25, -0.2) is 9.37 Å². The summed E-state index contributed by atoms with van der Waals surface area (Å²) in [5, 5.41) is 2.92. The van der Waals surface area contributed by atoms with Gasteiger partial charge >= 0.3 is 0 Å². The van der Waals surface area contributed by atoms with Gasteiger partial charge in [0, 0.05) is 17.8 Å². The van der Waals surface area contributed by atoms with Crippen molar-refractivity contribution in [2.75, 3.05) is 0 Å². The second-order valence-corrected chi connectivity index (χ2v) is 6.63. The summed E-state index contributed by atoms with van der Waals surface area (Å²) in [6.07, 6.45) is 4.76. The average Bonchev–Trinajstić information content (AvgIpc) is 3.28. The number of aromatic nitrogens is 2. The van der Waals surface area contributed by atoms with Gasteiger partial charge in [-0.2, -0.15) is 0 Å². The zero-order valence-corrected chi connectivity index (χ0v) is 14.9. The smallest absolute Gasteiger partial charge is 0.253 e. The first kappa shape index (κ1) is 17.0. The Labute approximate surface area is 155 Å². The summed E-state index contributed by atoms with van der Waals surface area (Å²) in [6.45, 7) is 3.83. The highest BCUT2D eigenvalue weighted by Gasteiger charge is 2.21. The van der Waals surface area contributed by atoms with Crippen LogP contribution < -0.4 is 5.32 Å². The number of rotatable bonds is 4. The summed E-state index contributed by atoms with van der Waals surface area (Å²) in [6, 6.07) is 12.0. The van der Waals surface area contributed by atoms with Gasteiger partial charge in [0.25, 0.3) is 5.91 Å². The summed E-state index contributed by atoms with van der Waals surface area (Å²) < 4.78 is 20.3. The topological polar surface area (TPSA) is 59.5 Å². The standard InChI is InChI=1S/C21H18FN3O2/c1-13(2)24-21(26)18-9-17-8-5-15(14-3-6-16(22)7-4-14)10-25(17)20(18)19-11-27-12-23-19/h3-13H,1-2H3,(H,24,26). The minimum absolute atomic E-state index is 0.0143. The van der Waals surface area contributed by atoms with Gasteiger partial charge in [0.05, 0.1) is 11.3 Å². The Balaban J connectivity index is 1.90. The molecular formula is C21H18FN3O2. The van der Waals surface area contributed by atoms with E-state index in [1.807, 2.05) is 42.6 Å². The van der Waals surface area contributed by atoms with Gasteiger partial charge in [-0.1, -0.05) is 18.2 Å². The number of carbonyl (C=O) groups excluding carboxylic acids is 1. The molecule has 0 aliphatic heterocycles. The van der Waals surface area contributed by atoms with E-state index >= 15 is 0 Å². The second-order valence-electron chi connectivity index (χ2n) is 6.63. The number of carbonyl (C=O) groups is 1. The molecule has 1 amide bonds. The minimum Gasteiger partial charge on any atom is -0.451 e. The highest BCUT2D eigenvalue weighted by molar-refractivity contribution is 6.02. The Morgan fingerprint density at radius 1 is 1.15 bits per heavy atom. The average molecular weight is 363 g/mol. The van der Waals surface area contributed by atoms with Crippen LogP contribution in [-0.4, -0.2) is 21.3 Å². The summed E-state index contributed by atoms with van der Waals surface area (Å²) in [5.74, 6) is -0.452. The SMILES string of the molecule is CC(C)NC(=O)c1cc2ccc(-c3ccc(F)cc3)cn2c1-c1cocn1. The van der Waals surface area contributed by atoms with E-state index in [2.05, 4.69) is 10.3 Å². The molecule has 0 saturated heterocycles. The van der Waals surface area contributed by atoms with E-state index in [1.54, 1.807) is 12.1 Å². The van der Waals surface area contributed by atoms with E-state index in [0.717, 1.165) is 16.6 Å². The Kier molecular flexibility index (Phi) is 4.24. The molecule has 3 aromatic heterocycles. The zero-order valence-electron chi connectivity index (χ0n) is 14.9. The monoisotopic (exact) mass is 363 g/mol. The predicted octanol–water partition coefficient (Wildman–Crippen LogP) is 4.54. The Morgan fingerprint density at radius 3 is 2.56 bits per heavy atom. The molecule has 0 atom stereocenters. The number of hydrogen-bond acceptors (Lipinski definition) is 3. The molecule has 4 rings (SSSR count). The van der Waals surface area contributed by atoms with Crippen LogP contribution in [0.15, 0.2) is 65.7 Å². The predicted molar refractivity (Wildman–Crippen MR) is 101 cm³/mol. The zero-order chi connectivity index (χ0) is 19.0. The lowest BCUT2D eigenvalue weighted by molar-refractivity contribution is 0.0944. The second kappa shape index (κ2) is 6.72. The molecule has 3 heterocycles. The fourth-order valence-corrected chi connectivity index (χ4v) is 3.09. The van der Waals surface area contributed by atoms with Crippen LogP contribution in [0.5, 0.6) is 0 Å². The van der Waals surface area contributed by atoms with Crippen molar-refractivity contribution in [3.8, 4) is 22.5 Å². The van der Waals surface area contributed by atoms with Crippen molar-refractivity contribution in [3.05, 3.63) is 72.7 Å². The van der Waals surface area contributed by atoms with E-state index in [9.17, 15) is 9.18 Å². The molecule has 4 aromatic rings. The van der Waals surface area contributed by atoms with Crippen molar-refractivity contribution in [2.24, 2.45) is 0 Å². The fourth-order valence-electron chi connectivity index (χ4n) is 3.09. The third-order valence-electron chi connectivity index (χ3n) is 4.29. The molecule has 27 heavy (non-hydrogen) atoms. The van der Waals surface area contributed by atoms with Gasteiger partial charge in [0.15, 0.2) is 6.39 Å². The normalized spacial score (nSPS) is 11.3. The molecule has 6 heteroatoms. The lowest BCUT2D eigenvalue weighted by Gasteiger charge is -2.09. The van der Waals surface area contributed by atoms with Crippen molar-refractivity contribution in [3.63, 3.8) is 0 Å². The first-order valence-corrected chi connectivity index (χ1v) is 8.63. The van der Waals surface area contributed by atoms with Gasteiger partial charge in [-0.15, -0.1) is 0 Å². The van der Waals surface area contributed by atoms with E-state index < -0.39 is 0 Å². The molecule has 0 aliphatic rings. The van der Waals surface area contributed by atoms with Crippen LogP contribution in [0.1, 0.15) is 24.2 Å². The van der Waals surface area contributed by atoms with Crippen LogP contribution in [0.4, 0.5) is 4.39 Å². The highest BCUT2D eigenvalue weighted by Crippen LogP contribution is 2.29. The third-order valence-corrected chi connectivity index (χ3v) is 4.29. The minimum atomic E-state index is -0.281. The molecule has 0 unspecified atom stereocenters. The number of fused-ring (bicyclic) bond motifs is 1. The van der Waals surface area contributed by atoms with Gasteiger partial charge in [0.1, 0.15) is 17.8 Å². The fraction of sp³-hybridized carbons (Fsp3) is 0.143. The Bertz CT molecular complexity index is 1100. The molecule has 0 aliphatic carbocycles. The lowest BCUT2D eigenvalue weighted by Crippen LogP contribution is -2.30. The number of halogens is 1. The van der Waals surface area contributed by atoms with Crippen LogP contribution >= 0.6 is 0 Å². The molecule has 0 fully saturated rings. The largest absolute Gasteiger partial charge is 0.451 e. The van der Waals surface area contributed by atoms with Crippen LogP contribution in [0.2, 0.25) is 0 Å². The quantitative estimate of drug-likeness (QED) is 0.579. The molecule has 0 radical (unpaired) electrons. The van der Waals surface area contributed by atoms with Crippen molar-refractivity contribution in [1.29, 1.82) is 0 Å². The number of nitrogens with zero attached hydrogens (tertiary/aromatic N) is 2. The van der Waals surface area contributed by atoms with Gasteiger partial charge in [-0.05, 0) is 49.2 Å². The number of amides is 1. The molecule has 1 N–H and O–H groups in total. The van der Waals surface area contributed by atoms with Gasteiger partial charge in [0.2, 0.25) is 0 Å². The molecule has 0 bridgehead atoms. The molecule has 0 saturated carbocycles. The van der Waals surface area contributed by atoms with Crippen LogP contribution in [0.3, 0.4) is 0 Å². The molecular weight excluding hydrogens is 345 g/mol.